The monoisotopic (exact) mass is 377 g/mol. The van der Waals surface area contributed by atoms with E-state index in [2.05, 4.69) is 5.32 Å². The zero-order chi connectivity index (χ0) is 19.3. The van der Waals surface area contributed by atoms with Gasteiger partial charge in [0.25, 0.3) is 5.91 Å². The Labute approximate surface area is 162 Å². The fourth-order valence-corrected chi connectivity index (χ4v) is 2.97. The summed E-state index contributed by atoms with van der Waals surface area (Å²) < 4.78 is 16.5. The summed E-state index contributed by atoms with van der Waals surface area (Å²) in [5.74, 6) is 0.411. The summed E-state index contributed by atoms with van der Waals surface area (Å²) in [7, 11) is 0. The lowest BCUT2D eigenvalue weighted by Gasteiger charge is -2.26. The summed E-state index contributed by atoms with van der Waals surface area (Å²) in [5, 5.41) is 4.67. The number of esters is 1. The van der Waals surface area contributed by atoms with Gasteiger partial charge in [0.05, 0.1) is 12.1 Å². The van der Waals surface area contributed by atoms with E-state index in [9.17, 15) is 9.59 Å². The zero-order valence-electron chi connectivity index (χ0n) is 15.1. The second-order valence-corrected chi connectivity index (χ2v) is 6.44. The lowest BCUT2D eigenvalue weighted by Crippen LogP contribution is -2.42. The normalized spacial score (nSPS) is 15.1. The fraction of sp³-hybridized carbons (Fsp3) is 0.182. The molecule has 0 aliphatic carbocycles. The summed E-state index contributed by atoms with van der Waals surface area (Å²) in [6.07, 6.45) is -0.296. The van der Waals surface area contributed by atoms with Crippen LogP contribution in [0.15, 0.2) is 66.7 Å². The van der Waals surface area contributed by atoms with E-state index in [0.29, 0.717) is 23.7 Å². The molecule has 1 aliphatic rings. The van der Waals surface area contributed by atoms with Crippen LogP contribution in [0.4, 0.5) is 0 Å². The average molecular weight is 377 g/mol. The van der Waals surface area contributed by atoms with Gasteiger partial charge in [-0.15, -0.1) is 0 Å². The molecule has 0 fully saturated rings. The Morgan fingerprint density at radius 1 is 0.964 bits per heavy atom. The Bertz CT molecular complexity index is 1020. The number of carbonyl (C=O) groups excluding carboxylic acids is 2. The van der Waals surface area contributed by atoms with Gasteiger partial charge in [-0.3, -0.25) is 4.79 Å². The van der Waals surface area contributed by atoms with Crippen molar-refractivity contribution >= 4 is 22.6 Å². The lowest BCUT2D eigenvalue weighted by atomic mass is 10.1. The highest BCUT2D eigenvalue weighted by Crippen LogP contribution is 2.30. The van der Waals surface area contributed by atoms with Crippen LogP contribution in [0.25, 0.3) is 10.8 Å². The van der Waals surface area contributed by atoms with Gasteiger partial charge in [-0.2, -0.15) is 0 Å². The molecule has 0 spiro atoms. The summed E-state index contributed by atoms with van der Waals surface area (Å²) in [6, 6.07) is 20.4. The minimum absolute atomic E-state index is 0.265. The molecule has 3 aromatic rings. The third-order valence-corrected chi connectivity index (χ3v) is 4.41. The van der Waals surface area contributed by atoms with Gasteiger partial charge in [0.15, 0.2) is 18.1 Å². The molecule has 142 valence electrons. The third kappa shape index (κ3) is 4.06. The number of para-hydroxylation sites is 2. The van der Waals surface area contributed by atoms with Crippen molar-refractivity contribution in [2.45, 2.75) is 6.10 Å². The largest absolute Gasteiger partial charge is 0.486 e. The molecule has 1 N–H and O–H groups in total. The third-order valence-electron chi connectivity index (χ3n) is 4.41. The minimum Gasteiger partial charge on any atom is -0.486 e. The van der Waals surface area contributed by atoms with Gasteiger partial charge >= 0.3 is 5.97 Å². The van der Waals surface area contributed by atoms with Crippen LogP contribution < -0.4 is 14.8 Å². The lowest BCUT2D eigenvalue weighted by molar-refractivity contribution is -0.124. The highest BCUT2D eigenvalue weighted by molar-refractivity contribution is 5.96. The first-order valence-electron chi connectivity index (χ1n) is 9.00. The van der Waals surface area contributed by atoms with Gasteiger partial charge in [0, 0.05) is 0 Å². The van der Waals surface area contributed by atoms with Crippen molar-refractivity contribution in [3.8, 4) is 11.5 Å². The molecular weight excluding hydrogens is 358 g/mol. The van der Waals surface area contributed by atoms with Gasteiger partial charge in [0.1, 0.15) is 12.7 Å². The number of hydrogen-bond donors (Lipinski definition) is 1. The quantitative estimate of drug-likeness (QED) is 0.692. The van der Waals surface area contributed by atoms with E-state index in [-0.39, 0.29) is 19.3 Å². The summed E-state index contributed by atoms with van der Waals surface area (Å²) >= 11 is 0. The van der Waals surface area contributed by atoms with Crippen molar-refractivity contribution in [3.05, 3.63) is 72.3 Å². The van der Waals surface area contributed by atoms with E-state index in [1.54, 1.807) is 12.1 Å². The van der Waals surface area contributed by atoms with Crippen LogP contribution in [0.1, 0.15) is 10.4 Å². The van der Waals surface area contributed by atoms with Crippen LogP contribution in [-0.4, -0.2) is 37.7 Å². The second-order valence-electron chi connectivity index (χ2n) is 6.44. The van der Waals surface area contributed by atoms with Crippen molar-refractivity contribution in [1.82, 2.24) is 5.32 Å². The van der Waals surface area contributed by atoms with Crippen LogP contribution in [-0.2, 0) is 9.53 Å². The zero-order valence-corrected chi connectivity index (χ0v) is 15.1. The topological polar surface area (TPSA) is 73.9 Å². The molecule has 0 bridgehead atoms. The molecule has 6 nitrogen and oxygen atoms in total. The molecule has 0 aromatic heterocycles. The SMILES string of the molecule is O=C(COC(=O)c1ccc2ccccc2c1)NCC1COc2ccccc2O1. The molecule has 1 amide bonds. The van der Waals surface area contributed by atoms with Gasteiger partial charge in [-0.1, -0.05) is 42.5 Å². The van der Waals surface area contributed by atoms with Crippen LogP contribution in [0.2, 0.25) is 0 Å². The van der Waals surface area contributed by atoms with Crippen LogP contribution in [0.5, 0.6) is 11.5 Å². The summed E-state index contributed by atoms with van der Waals surface area (Å²) in [4.78, 5) is 24.2. The first-order valence-corrected chi connectivity index (χ1v) is 9.00. The van der Waals surface area contributed by atoms with Crippen molar-refractivity contribution in [3.63, 3.8) is 0 Å². The Morgan fingerprint density at radius 2 is 1.71 bits per heavy atom. The number of ether oxygens (including phenoxy) is 3. The first kappa shape index (κ1) is 17.9. The molecule has 0 saturated carbocycles. The smallest absolute Gasteiger partial charge is 0.338 e. The molecule has 1 aliphatic heterocycles. The molecule has 28 heavy (non-hydrogen) atoms. The molecule has 4 rings (SSSR count). The maximum absolute atomic E-state index is 12.2. The summed E-state index contributed by atoms with van der Waals surface area (Å²) in [5.41, 5.74) is 0.409. The molecular formula is C22H19NO5. The molecule has 1 atom stereocenters. The van der Waals surface area contributed by atoms with E-state index in [1.807, 2.05) is 54.6 Å². The van der Waals surface area contributed by atoms with Crippen molar-refractivity contribution < 1.29 is 23.8 Å². The molecule has 1 unspecified atom stereocenters. The van der Waals surface area contributed by atoms with Gasteiger partial charge in [-0.05, 0) is 35.0 Å². The Morgan fingerprint density at radius 3 is 2.57 bits per heavy atom. The number of rotatable bonds is 5. The van der Waals surface area contributed by atoms with E-state index in [1.165, 1.54) is 0 Å². The Kier molecular flexibility index (Phi) is 5.10. The predicted molar refractivity (Wildman–Crippen MR) is 104 cm³/mol. The summed E-state index contributed by atoms with van der Waals surface area (Å²) in [6.45, 7) is 0.255. The average Bonchev–Trinajstić information content (AvgIpc) is 2.75. The molecule has 3 aromatic carbocycles. The first-order chi connectivity index (χ1) is 13.7. The molecule has 1 heterocycles. The van der Waals surface area contributed by atoms with Crippen LogP contribution in [0.3, 0.4) is 0 Å². The Hall–Kier alpha value is -3.54. The number of amides is 1. The minimum atomic E-state index is -0.535. The van der Waals surface area contributed by atoms with E-state index < -0.39 is 11.9 Å². The maximum atomic E-state index is 12.2. The number of benzene rings is 3. The number of hydrogen-bond acceptors (Lipinski definition) is 5. The standard InChI is InChI=1S/C22H19NO5/c24-21(23-12-18-13-26-19-7-3-4-8-20(19)28-18)14-27-22(25)17-10-9-15-5-1-2-6-16(15)11-17/h1-11,18H,12-14H2,(H,23,24). The Balaban J connectivity index is 1.25. The van der Waals surface area contributed by atoms with Crippen molar-refractivity contribution in [2.24, 2.45) is 0 Å². The van der Waals surface area contributed by atoms with Gasteiger partial charge in [-0.25, -0.2) is 4.79 Å². The molecule has 0 radical (unpaired) electrons. The molecule has 6 heteroatoms. The number of carbonyl (C=O) groups is 2. The maximum Gasteiger partial charge on any atom is 0.338 e. The van der Waals surface area contributed by atoms with E-state index in [0.717, 1.165) is 10.8 Å². The van der Waals surface area contributed by atoms with Gasteiger partial charge < -0.3 is 19.5 Å². The van der Waals surface area contributed by atoms with Crippen molar-refractivity contribution in [2.75, 3.05) is 19.8 Å². The highest BCUT2D eigenvalue weighted by atomic mass is 16.6. The highest BCUT2D eigenvalue weighted by Gasteiger charge is 2.21. The number of nitrogens with one attached hydrogen (secondary N) is 1. The van der Waals surface area contributed by atoms with E-state index >= 15 is 0 Å². The predicted octanol–water partition coefficient (Wildman–Crippen LogP) is 2.95. The molecule has 0 saturated heterocycles. The fourth-order valence-electron chi connectivity index (χ4n) is 2.97. The van der Waals surface area contributed by atoms with Crippen LogP contribution >= 0.6 is 0 Å². The van der Waals surface area contributed by atoms with Crippen molar-refractivity contribution in [1.29, 1.82) is 0 Å². The van der Waals surface area contributed by atoms with E-state index in [4.69, 9.17) is 14.2 Å². The van der Waals surface area contributed by atoms with Gasteiger partial charge in [0.2, 0.25) is 0 Å². The number of fused-ring (bicyclic) bond motifs is 2. The van der Waals surface area contributed by atoms with Crippen LogP contribution in [0, 0.1) is 0 Å². The second kappa shape index (κ2) is 8.00.